The molecular weight excluding hydrogens is 216 g/mol. The summed E-state index contributed by atoms with van der Waals surface area (Å²) in [5.41, 5.74) is -2.68. The molecule has 0 aromatic carbocycles. The molecule has 2 saturated heterocycles. The second-order valence-electron chi connectivity index (χ2n) is 3.82. The van der Waals surface area contributed by atoms with Crippen molar-refractivity contribution in [2.24, 2.45) is 0 Å². The first-order valence-corrected chi connectivity index (χ1v) is 4.50. The monoisotopic (exact) mass is 226 g/mol. The SMILES string of the molecule is C=C1OC(=O)OC1(C)C1(C)OC(=O)OC1=C. The van der Waals surface area contributed by atoms with Crippen LogP contribution in [0.2, 0.25) is 0 Å². The van der Waals surface area contributed by atoms with Crippen molar-refractivity contribution in [2.75, 3.05) is 0 Å². The first-order valence-electron chi connectivity index (χ1n) is 4.50. The number of carbonyl (C=O) groups is 2. The van der Waals surface area contributed by atoms with Crippen LogP contribution in [-0.2, 0) is 18.9 Å². The van der Waals surface area contributed by atoms with Crippen LogP contribution < -0.4 is 0 Å². The Morgan fingerprint density at radius 2 is 1.19 bits per heavy atom. The van der Waals surface area contributed by atoms with Crippen molar-refractivity contribution in [3.8, 4) is 0 Å². The largest absolute Gasteiger partial charge is 0.514 e. The molecule has 6 nitrogen and oxygen atoms in total. The Hall–Kier alpha value is -1.98. The Balaban J connectivity index is 2.44. The minimum atomic E-state index is -1.34. The van der Waals surface area contributed by atoms with Crippen molar-refractivity contribution in [3.63, 3.8) is 0 Å². The molecule has 0 aliphatic carbocycles. The van der Waals surface area contributed by atoms with Crippen LogP contribution in [0.25, 0.3) is 0 Å². The lowest BCUT2D eigenvalue weighted by Gasteiger charge is -2.34. The van der Waals surface area contributed by atoms with E-state index >= 15 is 0 Å². The summed E-state index contributed by atoms with van der Waals surface area (Å²) < 4.78 is 19.4. The highest BCUT2D eigenvalue weighted by Gasteiger charge is 2.64. The van der Waals surface area contributed by atoms with Crippen LogP contribution in [-0.4, -0.2) is 23.5 Å². The highest BCUT2D eigenvalue weighted by Crippen LogP contribution is 2.47. The molecule has 0 saturated carbocycles. The van der Waals surface area contributed by atoms with Gasteiger partial charge in [0.15, 0.2) is 11.5 Å². The van der Waals surface area contributed by atoms with Crippen molar-refractivity contribution >= 4 is 12.3 Å². The van der Waals surface area contributed by atoms with E-state index < -0.39 is 23.5 Å². The number of hydrogen-bond acceptors (Lipinski definition) is 6. The lowest BCUT2D eigenvalue weighted by molar-refractivity contribution is -0.0632. The van der Waals surface area contributed by atoms with Crippen molar-refractivity contribution in [1.82, 2.24) is 0 Å². The van der Waals surface area contributed by atoms with Gasteiger partial charge in [-0.2, -0.15) is 0 Å². The molecule has 0 spiro atoms. The quantitative estimate of drug-likeness (QED) is 0.635. The highest BCUT2D eigenvalue weighted by molar-refractivity contribution is 5.70. The minimum Gasteiger partial charge on any atom is -0.415 e. The molecule has 0 amide bonds. The first kappa shape index (κ1) is 10.5. The number of ether oxygens (including phenoxy) is 4. The maximum absolute atomic E-state index is 11.0. The predicted octanol–water partition coefficient (Wildman–Crippen LogP) is 1.86. The molecule has 2 aliphatic rings. The van der Waals surface area contributed by atoms with Gasteiger partial charge in [0.2, 0.25) is 11.2 Å². The maximum Gasteiger partial charge on any atom is 0.514 e. The number of rotatable bonds is 1. The van der Waals surface area contributed by atoms with Gasteiger partial charge in [0.25, 0.3) is 0 Å². The van der Waals surface area contributed by atoms with Gasteiger partial charge in [-0.1, -0.05) is 13.2 Å². The van der Waals surface area contributed by atoms with E-state index in [1.54, 1.807) is 0 Å². The molecule has 86 valence electrons. The molecule has 2 atom stereocenters. The van der Waals surface area contributed by atoms with Gasteiger partial charge in [-0.3, -0.25) is 0 Å². The van der Waals surface area contributed by atoms with Crippen molar-refractivity contribution in [2.45, 2.75) is 25.0 Å². The topological polar surface area (TPSA) is 71.1 Å². The van der Waals surface area contributed by atoms with E-state index in [2.05, 4.69) is 13.2 Å². The van der Waals surface area contributed by atoms with Crippen LogP contribution in [0.5, 0.6) is 0 Å². The van der Waals surface area contributed by atoms with Gasteiger partial charge < -0.3 is 18.9 Å². The fourth-order valence-corrected chi connectivity index (χ4v) is 1.61. The minimum absolute atomic E-state index is 0.0412. The first-order chi connectivity index (χ1) is 7.29. The van der Waals surface area contributed by atoms with E-state index in [1.807, 2.05) is 0 Å². The summed E-state index contributed by atoms with van der Waals surface area (Å²) in [5, 5.41) is 0. The Morgan fingerprint density at radius 3 is 1.38 bits per heavy atom. The summed E-state index contributed by atoms with van der Waals surface area (Å²) in [6, 6.07) is 0. The molecule has 0 aromatic rings. The zero-order valence-electron chi connectivity index (χ0n) is 8.86. The number of hydrogen-bond donors (Lipinski definition) is 0. The Morgan fingerprint density at radius 1 is 0.875 bits per heavy atom. The van der Waals surface area contributed by atoms with Crippen LogP contribution in [0.15, 0.2) is 24.7 Å². The standard InChI is InChI=1S/C10H10O6/c1-5-9(3,15-7(11)13-5)10(4)6(2)14-8(12)16-10/h1-2H2,3-4H3. The molecule has 0 N–H and O–H groups in total. The van der Waals surface area contributed by atoms with Crippen LogP contribution in [0.3, 0.4) is 0 Å². The van der Waals surface area contributed by atoms with Gasteiger partial charge in [0.05, 0.1) is 0 Å². The second-order valence-corrected chi connectivity index (χ2v) is 3.82. The number of cyclic esters (lactones) is 4. The zero-order chi connectivity index (χ0) is 12.1. The van der Waals surface area contributed by atoms with E-state index in [-0.39, 0.29) is 11.5 Å². The maximum atomic E-state index is 11.0. The number of carbonyl (C=O) groups excluding carboxylic acids is 2. The van der Waals surface area contributed by atoms with Gasteiger partial charge in [-0.05, 0) is 13.8 Å². The van der Waals surface area contributed by atoms with E-state index in [0.717, 1.165) is 0 Å². The van der Waals surface area contributed by atoms with Crippen LogP contribution >= 0.6 is 0 Å². The van der Waals surface area contributed by atoms with E-state index in [0.29, 0.717) is 0 Å². The van der Waals surface area contributed by atoms with Crippen molar-refractivity contribution < 1.29 is 28.5 Å². The zero-order valence-corrected chi connectivity index (χ0v) is 8.86. The van der Waals surface area contributed by atoms with Gasteiger partial charge >= 0.3 is 12.3 Å². The molecule has 2 unspecified atom stereocenters. The molecule has 2 rings (SSSR count). The van der Waals surface area contributed by atoms with Crippen LogP contribution in [0.1, 0.15) is 13.8 Å². The van der Waals surface area contributed by atoms with Crippen molar-refractivity contribution in [1.29, 1.82) is 0 Å². The summed E-state index contributed by atoms with van der Waals surface area (Å²) in [5.74, 6) is 0.0823. The fraction of sp³-hybridized carbons (Fsp3) is 0.400. The van der Waals surface area contributed by atoms with E-state index in [1.165, 1.54) is 13.8 Å². The third-order valence-electron chi connectivity index (χ3n) is 2.96. The Kier molecular flexibility index (Phi) is 1.83. The lowest BCUT2D eigenvalue weighted by Crippen LogP contribution is -2.51. The van der Waals surface area contributed by atoms with Gasteiger partial charge in [0.1, 0.15) is 0 Å². The molecule has 2 aliphatic heterocycles. The summed E-state index contributed by atoms with van der Waals surface area (Å²) in [6.07, 6.45) is -1.80. The predicted molar refractivity (Wildman–Crippen MR) is 50.2 cm³/mol. The molecule has 0 radical (unpaired) electrons. The van der Waals surface area contributed by atoms with Crippen LogP contribution in [0.4, 0.5) is 9.59 Å². The van der Waals surface area contributed by atoms with Gasteiger partial charge in [0, 0.05) is 0 Å². The molecule has 0 bridgehead atoms. The van der Waals surface area contributed by atoms with E-state index in [4.69, 9.17) is 18.9 Å². The molecule has 0 aromatic heterocycles. The summed E-state index contributed by atoms with van der Waals surface area (Å²) in [4.78, 5) is 22.1. The average Bonchev–Trinajstić information content (AvgIpc) is 2.54. The van der Waals surface area contributed by atoms with Gasteiger partial charge in [-0.15, -0.1) is 0 Å². The van der Waals surface area contributed by atoms with Crippen LogP contribution in [0, 0.1) is 0 Å². The molecule has 6 heteroatoms. The molecule has 2 heterocycles. The third kappa shape index (κ3) is 1.07. The normalized spacial score (nSPS) is 37.9. The fourth-order valence-electron chi connectivity index (χ4n) is 1.61. The summed E-state index contributed by atoms with van der Waals surface area (Å²) in [6.45, 7) is 10.1. The van der Waals surface area contributed by atoms with Gasteiger partial charge in [-0.25, -0.2) is 9.59 Å². The second kappa shape index (κ2) is 2.78. The average molecular weight is 226 g/mol. The smallest absolute Gasteiger partial charge is 0.415 e. The summed E-state index contributed by atoms with van der Waals surface area (Å²) >= 11 is 0. The Bertz CT molecular complexity index is 385. The molecule has 16 heavy (non-hydrogen) atoms. The molecule has 2 fully saturated rings. The molecular formula is C10H10O6. The third-order valence-corrected chi connectivity index (χ3v) is 2.96. The van der Waals surface area contributed by atoms with E-state index in [9.17, 15) is 9.59 Å². The summed E-state index contributed by atoms with van der Waals surface area (Å²) in [7, 11) is 0. The lowest BCUT2D eigenvalue weighted by atomic mass is 9.83. The van der Waals surface area contributed by atoms with Crippen molar-refractivity contribution in [3.05, 3.63) is 24.7 Å². The highest BCUT2D eigenvalue weighted by atomic mass is 16.8. The Labute approximate surface area is 91.4 Å².